The predicted octanol–water partition coefficient (Wildman–Crippen LogP) is 0.894. The molecule has 1 heterocycles. The maximum Gasteiger partial charge on any atom is 0.345 e. The van der Waals surface area contributed by atoms with Gasteiger partial charge in [-0.25, -0.2) is 9.59 Å². The molecule has 1 amide bonds. The monoisotopic (exact) mass is 356 g/mol. The zero-order chi connectivity index (χ0) is 19.1. The van der Waals surface area contributed by atoms with E-state index in [2.05, 4.69) is 0 Å². The quantitative estimate of drug-likeness (QED) is 0.697. The second-order valence-electron chi connectivity index (χ2n) is 5.79. The van der Waals surface area contributed by atoms with Gasteiger partial charge in [0.1, 0.15) is 0 Å². The number of carboxylic acids is 1. The van der Waals surface area contributed by atoms with Crippen molar-refractivity contribution in [3.05, 3.63) is 71.3 Å². The molecule has 0 fully saturated rings. The SMILES string of the molecule is NC(=O)[C@@H](N)Cc1ccccc1.O=C1O[C@@H](C(=O)O)Cc2ccccc21. The van der Waals surface area contributed by atoms with Crippen molar-refractivity contribution in [2.45, 2.75) is 25.0 Å². The average molecular weight is 356 g/mol. The van der Waals surface area contributed by atoms with Crippen LogP contribution in [0.5, 0.6) is 0 Å². The van der Waals surface area contributed by atoms with Crippen LogP contribution < -0.4 is 11.5 Å². The molecule has 0 spiro atoms. The Hall–Kier alpha value is -3.19. The zero-order valence-corrected chi connectivity index (χ0v) is 14.0. The van der Waals surface area contributed by atoms with Gasteiger partial charge in [-0.3, -0.25) is 4.79 Å². The molecular formula is C19H20N2O5. The number of benzene rings is 2. The van der Waals surface area contributed by atoms with Gasteiger partial charge in [0, 0.05) is 6.42 Å². The number of esters is 1. The molecule has 1 aliphatic rings. The molecule has 3 rings (SSSR count). The Bertz CT molecular complexity index is 792. The van der Waals surface area contributed by atoms with E-state index in [1.54, 1.807) is 24.3 Å². The molecule has 2 aromatic rings. The summed E-state index contributed by atoms with van der Waals surface area (Å²) in [5.41, 5.74) is 12.7. The number of hydrogen-bond donors (Lipinski definition) is 3. The average Bonchev–Trinajstić information content (AvgIpc) is 2.63. The number of cyclic esters (lactones) is 1. The van der Waals surface area contributed by atoms with Gasteiger partial charge in [0.2, 0.25) is 12.0 Å². The smallest absolute Gasteiger partial charge is 0.345 e. The van der Waals surface area contributed by atoms with Crippen molar-refractivity contribution in [2.24, 2.45) is 11.5 Å². The Balaban J connectivity index is 0.000000190. The van der Waals surface area contributed by atoms with E-state index in [0.29, 0.717) is 12.0 Å². The number of carbonyl (C=O) groups is 3. The lowest BCUT2D eigenvalue weighted by atomic mass is 9.99. The summed E-state index contributed by atoms with van der Waals surface area (Å²) in [5.74, 6) is -2.12. The molecule has 2 atom stereocenters. The van der Waals surface area contributed by atoms with Crippen LogP contribution >= 0.6 is 0 Å². The van der Waals surface area contributed by atoms with Crippen LogP contribution in [0.2, 0.25) is 0 Å². The minimum Gasteiger partial charge on any atom is -0.478 e. The van der Waals surface area contributed by atoms with Crippen molar-refractivity contribution in [1.82, 2.24) is 0 Å². The van der Waals surface area contributed by atoms with E-state index < -0.39 is 30.0 Å². The van der Waals surface area contributed by atoms with Gasteiger partial charge < -0.3 is 21.3 Å². The molecule has 136 valence electrons. The molecule has 0 radical (unpaired) electrons. The fourth-order valence-corrected chi connectivity index (χ4v) is 2.44. The molecule has 0 bridgehead atoms. The number of hydrogen-bond acceptors (Lipinski definition) is 5. The van der Waals surface area contributed by atoms with Crippen molar-refractivity contribution in [3.8, 4) is 0 Å². The first-order valence-corrected chi connectivity index (χ1v) is 7.99. The number of carbonyl (C=O) groups excluding carboxylic acids is 2. The lowest BCUT2D eigenvalue weighted by Gasteiger charge is -2.21. The predicted molar refractivity (Wildman–Crippen MR) is 94.3 cm³/mol. The summed E-state index contributed by atoms with van der Waals surface area (Å²) in [6.07, 6.45) is -0.287. The molecule has 26 heavy (non-hydrogen) atoms. The van der Waals surface area contributed by atoms with E-state index >= 15 is 0 Å². The van der Waals surface area contributed by atoms with Crippen LogP contribution in [0.15, 0.2) is 54.6 Å². The van der Waals surface area contributed by atoms with E-state index in [0.717, 1.165) is 11.1 Å². The zero-order valence-electron chi connectivity index (χ0n) is 14.0. The van der Waals surface area contributed by atoms with Crippen molar-refractivity contribution in [3.63, 3.8) is 0 Å². The number of amides is 1. The third-order valence-electron chi connectivity index (χ3n) is 3.83. The van der Waals surface area contributed by atoms with Crippen molar-refractivity contribution in [1.29, 1.82) is 0 Å². The number of aliphatic carboxylic acids is 1. The number of nitrogens with two attached hydrogens (primary N) is 2. The van der Waals surface area contributed by atoms with Crippen molar-refractivity contribution >= 4 is 17.8 Å². The molecule has 0 saturated carbocycles. The molecule has 2 aromatic carbocycles. The molecule has 0 aromatic heterocycles. The van der Waals surface area contributed by atoms with Crippen LogP contribution in [-0.2, 0) is 27.2 Å². The Morgan fingerprint density at radius 2 is 1.73 bits per heavy atom. The molecule has 5 N–H and O–H groups in total. The van der Waals surface area contributed by atoms with E-state index in [4.69, 9.17) is 21.3 Å². The van der Waals surface area contributed by atoms with Crippen molar-refractivity contribution in [2.75, 3.05) is 0 Å². The number of fused-ring (bicyclic) bond motifs is 1. The number of rotatable bonds is 4. The third kappa shape index (κ3) is 5.15. The molecule has 7 nitrogen and oxygen atoms in total. The highest BCUT2D eigenvalue weighted by atomic mass is 16.6. The summed E-state index contributed by atoms with van der Waals surface area (Å²) < 4.78 is 4.74. The minimum absolute atomic E-state index is 0.247. The fraction of sp³-hybridized carbons (Fsp3) is 0.211. The minimum atomic E-state index is -1.10. The van der Waals surface area contributed by atoms with Crippen molar-refractivity contribution < 1.29 is 24.2 Å². The van der Waals surface area contributed by atoms with E-state index in [9.17, 15) is 14.4 Å². The number of ether oxygens (including phenoxy) is 1. The Morgan fingerprint density at radius 3 is 2.35 bits per heavy atom. The van der Waals surface area contributed by atoms with Crippen LogP contribution in [-0.4, -0.2) is 35.1 Å². The van der Waals surface area contributed by atoms with Gasteiger partial charge in [-0.15, -0.1) is 0 Å². The molecule has 0 aliphatic carbocycles. The topological polar surface area (TPSA) is 133 Å². The van der Waals surface area contributed by atoms with E-state index in [-0.39, 0.29) is 6.42 Å². The van der Waals surface area contributed by atoms with Gasteiger partial charge in [-0.1, -0.05) is 48.5 Å². The summed E-state index contributed by atoms with van der Waals surface area (Å²) in [7, 11) is 0. The standard InChI is InChI=1S/C10H8O4.C9H12N2O/c11-9(12)8-5-6-3-1-2-4-7(6)10(13)14-8;10-8(9(11)12)6-7-4-2-1-3-5-7/h1-4,8H,5H2,(H,11,12);1-5,8H,6,10H2,(H2,11,12)/t2*8-/m10/s1. The Morgan fingerprint density at radius 1 is 1.12 bits per heavy atom. The third-order valence-corrected chi connectivity index (χ3v) is 3.83. The van der Waals surface area contributed by atoms with Gasteiger partial charge in [-0.05, 0) is 23.6 Å². The number of carboxylic acid groups (broad SMARTS) is 1. The highest BCUT2D eigenvalue weighted by Gasteiger charge is 2.30. The highest BCUT2D eigenvalue weighted by Crippen LogP contribution is 2.20. The summed E-state index contributed by atoms with van der Waals surface area (Å²) in [6.45, 7) is 0. The maximum absolute atomic E-state index is 11.3. The normalized spacial score (nSPS) is 16.3. The lowest BCUT2D eigenvalue weighted by molar-refractivity contribution is -0.147. The van der Waals surface area contributed by atoms with Crippen LogP contribution in [0.3, 0.4) is 0 Å². The van der Waals surface area contributed by atoms with Gasteiger partial charge >= 0.3 is 11.9 Å². The number of primary amides is 1. The molecule has 1 aliphatic heterocycles. The van der Waals surface area contributed by atoms with Gasteiger partial charge in [0.15, 0.2) is 0 Å². The summed E-state index contributed by atoms with van der Waals surface area (Å²) in [5, 5.41) is 8.70. The first-order chi connectivity index (χ1) is 12.4. The van der Waals surface area contributed by atoms with E-state index in [1.165, 1.54) is 0 Å². The Labute approximate surface area is 150 Å². The largest absolute Gasteiger partial charge is 0.478 e. The summed E-state index contributed by atoms with van der Waals surface area (Å²) in [6, 6.07) is 15.9. The summed E-state index contributed by atoms with van der Waals surface area (Å²) >= 11 is 0. The second-order valence-corrected chi connectivity index (χ2v) is 5.79. The van der Waals surface area contributed by atoms with Crippen LogP contribution in [0, 0.1) is 0 Å². The first-order valence-electron chi connectivity index (χ1n) is 7.99. The lowest BCUT2D eigenvalue weighted by Crippen LogP contribution is -2.38. The molecular weight excluding hydrogens is 336 g/mol. The second kappa shape index (κ2) is 8.77. The fourth-order valence-electron chi connectivity index (χ4n) is 2.44. The highest BCUT2D eigenvalue weighted by molar-refractivity contribution is 5.94. The van der Waals surface area contributed by atoms with Gasteiger partial charge in [0.25, 0.3) is 0 Å². The molecule has 0 unspecified atom stereocenters. The first kappa shape index (κ1) is 19.1. The van der Waals surface area contributed by atoms with Crippen LogP contribution in [0.4, 0.5) is 0 Å². The van der Waals surface area contributed by atoms with Crippen LogP contribution in [0.25, 0.3) is 0 Å². The molecule has 7 heteroatoms. The van der Waals surface area contributed by atoms with Gasteiger partial charge in [-0.2, -0.15) is 0 Å². The van der Waals surface area contributed by atoms with Crippen LogP contribution in [0.1, 0.15) is 21.5 Å². The Kier molecular flexibility index (Phi) is 6.46. The summed E-state index contributed by atoms with van der Waals surface area (Å²) in [4.78, 5) is 32.5. The maximum atomic E-state index is 11.3. The van der Waals surface area contributed by atoms with Gasteiger partial charge in [0.05, 0.1) is 11.6 Å². The molecule has 0 saturated heterocycles. The van der Waals surface area contributed by atoms with E-state index in [1.807, 2.05) is 30.3 Å².